The second-order valence-corrected chi connectivity index (χ2v) is 6.39. The van der Waals surface area contributed by atoms with Crippen molar-refractivity contribution in [2.45, 2.75) is 70.8 Å². The predicted octanol–water partition coefficient (Wildman–Crippen LogP) is 2.80. The van der Waals surface area contributed by atoms with Gasteiger partial charge in [0.15, 0.2) is 0 Å². The number of hydrogen-bond acceptors (Lipinski definition) is 3. The number of methoxy groups -OCH3 is 1. The van der Waals surface area contributed by atoms with Crippen LogP contribution in [0.2, 0.25) is 0 Å². The van der Waals surface area contributed by atoms with Crippen LogP contribution in [0.15, 0.2) is 0 Å². The zero-order valence-corrected chi connectivity index (χ0v) is 12.7. The molecule has 0 unspecified atom stereocenters. The second-order valence-electron chi connectivity index (χ2n) is 6.39. The van der Waals surface area contributed by atoms with E-state index < -0.39 is 0 Å². The van der Waals surface area contributed by atoms with Gasteiger partial charge in [0.05, 0.1) is 13.0 Å². The second kappa shape index (κ2) is 6.59. The van der Waals surface area contributed by atoms with Crippen molar-refractivity contribution in [2.24, 2.45) is 11.3 Å². The Balaban J connectivity index is 1.83. The molecule has 0 saturated heterocycles. The van der Waals surface area contributed by atoms with Crippen molar-refractivity contribution in [3.8, 4) is 0 Å². The van der Waals surface area contributed by atoms with Crippen LogP contribution in [-0.2, 0) is 14.3 Å². The summed E-state index contributed by atoms with van der Waals surface area (Å²) >= 11 is 0. The van der Waals surface area contributed by atoms with E-state index in [0.29, 0.717) is 0 Å². The molecule has 1 amide bonds. The molecule has 0 bridgehead atoms. The van der Waals surface area contributed by atoms with E-state index in [1.807, 2.05) is 0 Å². The fourth-order valence-corrected chi connectivity index (χ4v) is 3.77. The van der Waals surface area contributed by atoms with E-state index in [2.05, 4.69) is 12.2 Å². The lowest BCUT2D eigenvalue weighted by Gasteiger charge is -2.32. The first-order valence-electron chi connectivity index (χ1n) is 8.00. The summed E-state index contributed by atoms with van der Waals surface area (Å²) in [6.07, 6.45) is 8.81. The summed E-state index contributed by atoms with van der Waals surface area (Å²) in [5.74, 6) is 0.175. The first-order chi connectivity index (χ1) is 9.61. The van der Waals surface area contributed by atoms with Crippen LogP contribution in [0.25, 0.3) is 0 Å². The van der Waals surface area contributed by atoms with Crippen molar-refractivity contribution in [3.63, 3.8) is 0 Å². The largest absolute Gasteiger partial charge is 0.469 e. The van der Waals surface area contributed by atoms with Gasteiger partial charge in [-0.25, -0.2) is 0 Å². The van der Waals surface area contributed by atoms with Crippen LogP contribution in [0.1, 0.15) is 64.7 Å². The topological polar surface area (TPSA) is 55.4 Å². The third-order valence-corrected chi connectivity index (χ3v) is 5.32. The van der Waals surface area contributed by atoms with Crippen LogP contribution in [0.4, 0.5) is 0 Å². The normalized spacial score (nSPS) is 28.9. The Morgan fingerprint density at radius 1 is 1.15 bits per heavy atom. The van der Waals surface area contributed by atoms with Crippen LogP contribution in [0, 0.1) is 11.3 Å². The van der Waals surface area contributed by atoms with Crippen LogP contribution < -0.4 is 5.32 Å². The average molecular weight is 281 g/mol. The van der Waals surface area contributed by atoms with Crippen LogP contribution in [0.5, 0.6) is 0 Å². The van der Waals surface area contributed by atoms with Gasteiger partial charge >= 0.3 is 5.97 Å². The van der Waals surface area contributed by atoms with Crippen LogP contribution in [-0.4, -0.2) is 25.0 Å². The number of carbonyl (C=O) groups is 2. The van der Waals surface area contributed by atoms with Gasteiger partial charge in [0.2, 0.25) is 5.91 Å². The Bertz CT molecular complexity index is 353. The van der Waals surface area contributed by atoms with Crippen molar-refractivity contribution in [3.05, 3.63) is 0 Å². The molecule has 0 spiro atoms. The minimum Gasteiger partial charge on any atom is -0.469 e. The van der Waals surface area contributed by atoms with Crippen LogP contribution >= 0.6 is 0 Å². The molecule has 0 aromatic carbocycles. The molecule has 0 radical (unpaired) electrons. The summed E-state index contributed by atoms with van der Waals surface area (Å²) in [5.41, 5.74) is -0.112. The van der Waals surface area contributed by atoms with Crippen molar-refractivity contribution in [2.75, 3.05) is 7.11 Å². The van der Waals surface area contributed by atoms with Crippen molar-refractivity contribution in [1.82, 2.24) is 5.32 Å². The molecule has 0 atom stereocenters. The zero-order valence-electron chi connectivity index (χ0n) is 12.7. The van der Waals surface area contributed by atoms with Gasteiger partial charge < -0.3 is 10.1 Å². The Morgan fingerprint density at radius 3 is 2.25 bits per heavy atom. The minimum atomic E-state index is -0.112. The fraction of sp³-hybridized carbons (Fsp3) is 0.875. The van der Waals surface area contributed by atoms with E-state index in [9.17, 15) is 9.59 Å². The van der Waals surface area contributed by atoms with Gasteiger partial charge in [0.1, 0.15) is 0 Å². The van der Waals surface area contributed by atoms with Gasteiger partial charge in [-0.2, -0.15) is 0 Å². The van der Waals surface area contributed by atoms with Gasteiger partial charge in [-0.15, -0.1) is 0 Å². The van der Waals surface area contributed by atoms with E-state index in [0.717, 1.165) is 44.9 Å². The number of rotatable bonds is 4. The summed E-state index contributed by atoms with van der Waals surface area (Å²) in [5, 5.41) is 3.24. The zero-order chi connectivity index (χ0) is 14.6. The van der Waals surface area contributed by atoms with Crippen molar-refractivity contribution in [1.29, 1.82) is 0 Å². The molecule has 4 heteroatoms. The number of amides is 1. The van der Waals surface area contributed by atoms with Crippen LogP contribution in [0.3, 0.4) is 0 Å². The Morgan fingerprint density at radius 2 is 1.75 bits per heavy atom. The Hall–Kier alpha value is -1.06. The molecule has 0 aliphatic heterocycles. The lowest BCUT2D eigenvalue weighted by molar-refractivity contribution is -0.146. The van der Waals surface area contributed by atoms with Gasteiger partial charge in [-0.05, 0) is 44.9 Å². The van der Waals surface area contributed by atoms with E-state index in [1.165, 1.54) is 20.0 Å². The Labute approximate surface area is 121 Å². The summed E-state index contributed by atoms with van der Waals surface area (Å²) in [6.45, 7) is 2.12. The summed E-state index contributed by atoms with van der Waals surface area (Å²) in [7, 11) is 1.45. The predicted molar refractivity (Wildman–Crippen MR) is 77.1 cm³/mol. The van der Waals surface area contributed by atoms with Gasteiger partial charge in [0, 0.05) is 11.5 Å². The maximum atomic E-state index is 12.5. The minimum absolute atomic E-state index is 0.0276. The molecule has 1 N–H and O–H groups in total. The van der Waals surface area contributed by atoms with E-state index in [-0.39, 0.29) is 29.3 Å². The van der Waals surface area contributed by atoms with Crippen molar-refractivity contribution >= 4 is 11.9 Å². The highest BCUT2D eigenvalue weighted by Gasteiger charge is 2.40. The molecule has 2 saturated carbocycles. The van der Waals surface area contributed by atoms with Gasteiger partial charge in [-0.1, -0.05) is 19.8 Å². The standard InChI is InChI=1S/C16H27NO3/c1-3-16(10-4-5-11-16)15(19)17-13-8-6-12(7-9-13)14(18)20-2/h12-13H,3-11H2,1-2H3,(H,17,19). The fourth-order valence-electron chi connectivity index (χ4n) is 3.77. The molecule has 4 nitrogen and oxygen atoms in total. The summed E-state index contributed by atoms with van der Waals surface area (Å²) in [4.78, 5) is 24.0. The highest BCUT2D eigenvalue weighted by Crippen LogP contribution is 2.41. The lowest BCUT2D eigenvalue weighted by atomic mass is 9.81. The van der Waals surface area contributed by atoms with Crippen molar-refractivity contribution < 1.29 is 14.3 Å². The molecule has 0 aromatic heterocycles. The molecule has 2 aliphatic rings. The molecule has 20 heavy (non-hydrogen) atoms. The molecule has 0 aromatic rings. The first-order valence-corrected chi connectivity index (χ1v) is 8.00. The van der Waals surface area contributed by atoms with Gasteiger partial charge in [0.25, 0.3) is 0 Å². The molecule has 2 aliphatic carbocycles. The molecule has 2 fully saturated rings. The summed E-state index contributed by atoms with van der Waals surface area (Å²) < 4.78 is 4.79. The van der Waals surface area contributed by atoms with E-state index in [1.54, 1.807) is 0 Å². The highest BCUT2D eigenvalue weighted by molar-refractivity contribution is 5.83. The quantitative estimate of drug-likeness (QED) is 0.806. The molecular weight excluding hydrogens is 254 g/mol. The molecule has 0 heterocycles. The highest BCUT2D eigenvalue weighted by atomic mass is 16.5. The van der Waals surface area contributed by atoms with E-state index >= 15 is 0 Å². The summed E-state index contributed by atoms with van der Waals surface area (Å²) in [6, 6.07) is 0.243. The SMILES string of the molecule is CCC1(C(=O)NC2CCC(C(=O)OC)CC2)CCCC1. The molecular formula is C16H27NO3. The number of carbonyl (C=O) groups excluding carboxylic acids is 2. The molecule has 2 rings (SSSR count). The van der Waals surface area contributed by atoms with E-state index in [4.69, 9.17) is 4.74 Å². The number of hydrogen-bond donors (Lipinski definition) is 1. The lowest BCUT2D eigenvalue weighted by Crippen LogP contribution is -2.46. The number of esters is 1. The monoisotopic (exact) mass is 281 g/mol. The number of nitrogens with one attached hydrogen (secondary N) is 1. The molecule has 114 valence electrons. The van der Waals surface area contributed by atoms with Gasteiger partial charge in [-0.3, -0.25) is 9.59 Å². The maximum Gasteiger partial charge on any atom is 0.308 e. The first kappa shape index (κ1) is 15.3. The Kier molecular flexibility index (Phi) is 5.06. The third kappa shape index (κ3) is 3.15. The number of ether oxygens (including phenoxy) is 1. The smallest absolute Gasteiger partial charge is 0.308 e. The maximum absolute atomic E-state index is 12.5. The third-order valence-electron chi connectivity index (χ3n) is 5.32. The average Bonchev–Trinajstić information content (AvgIpc) is 2.97.